The molecule has 2 aliphatic heterocycles. The largest absolute Gasteiger partial charge is 0.472 e. The molecule has 4 aliphatic rings. The second-order valence-electron chi connectivity index (χ2n) is 16.1. The molecular weight excluding hydrogens is 725 g/mol. The number of rotatable bonds is 7. The van der Waals surface area contributed by atoms with E-state index in [0.29, 0.717) is 41.9 Å². The standard InChI is InChI=1S/C40H48N6O8S/c1-5-26-22-40(26,37(49)45-55(51,52)28-16-17-28)44-34(47)31-21-27-23-46(31)36(48)32(39(2,3)4)42-38(50)53-19-11-7-8-12-24-15-18-30-29(20-24)35(54-27)43-33(41-30)25-13-9-6-10-14-25/h5-6,9-10,13-15,18,20,26-28,31-32H,1,7-8,11-12,16-17,19,21-23H2,2-4H3,(H,42,50)(H,44,47)(H,45,49)/t26-,27+,31-,32+,40+/m0/s1. The number of aryl methyl sites for hydroxylation is 1. The molecule has 15 heteroatoms. The topological polar surface area (TPSA) is 186 Å². The fourth-order valence-corrected chi connectivity index (χ4v) is 8.77. The Labute approximate surface area is 320 Å². The van der Waals surface area contributed by atoms with Crippen molar-refractivity contribution < 1.29 is 37.1 Å². The molecule has 0 spiro atoms. The van der Waals surface area contributed by atoms with Crippen molar-refractivity contribution in [3.8, 4) is 17.3 Å². The minimum absolute atomic E-state index is 0.0154. The van der Waals surface area contributed by atoms with Gasteiger partial charge < -0.3 is 25.0 Å². The Hall–Kier alpha value is -5.05. The van der Waals surface area contributed by atoms with Gasteiger partial charge in [-0.25, -0.2) is 18.2 Å². The van der Waals surface area contributed by atoms with Crippen LogP contribution in [0.1, 0.15) is 71.3 Å². The summed E-state index contributed by atoms with van der Waals surface area (Å²) in [6.45, 7) is 9.32. The van der Waals surface area contributed by atoms with Gasteiger partial charge in [0.2, 0.25) is 27.7 Å². The number of cyclic esters (lactones) is 1. The molecule has 1 saturated heterocycles. The van der Waals surface area contributed by atoms with Gasteiger partial charge in [-0.05, 0) is 68.1 Å². The van der Waals surface area contributed by atoms with Crippen molar-refractivity contribution in [2.45, 2.75) is 101 Å². The molecule has 2 aliphatic carbocycles. The lowest BCUT2D eigenvalue weighted by Crippen LogP contribution is -2.60. The van der Waals surface area contributed by atoms with Gasteiger partial charge in [-0.15, -0.1) is 6.58 Å². The zero-order valence-corrected chi connectivity index (χ0v) is 32.2. The Morgan fingerprint density at radius 1 is 1.05 bits per heavy atom. The summed E-state index contributed by atoms with van der Waals surface area (Å²) in [5, 5.41) is 5.61. The predicted molar refractivity (Wildman–Crippen MR) is 204 cm³/mol. The molecule has 0 radical (unpaired) electrons. The molecule has 3 fully saturated rings. The smallest absolute Gasteiger partial charge is 0.407 e. The average Bonchev–Trinajstić information content (AvgIpc) is 4.08. The van der Waals surface area contributed by atoms with Crippen molar-refractivity contribution in [2.75, 3.05) is 13.2 Å². The number of benzene rings is 2. The van der Waals surface area contributed by atoms with Crippen LogP contribution < -0.4 is 20.1 Å². The van der Waals surface area contributed by atoms with E-state index in [4.69, 9.17) is 19.4 Å². The quantitative estimate of drug-likeness (QED) is 0.294. The summed E-state index contributed by atoms with van der Waals surface area (Å²) in [6, 6.07) is 13.2. The first-order valence-corrected chi connectivity index (χ1v) is 20.5. The first kappa shape index (κ1) is 38.2. The normalized spacial score (nSPS) is 26.2. The fraction of sp³-hybridized carbons (Fsp3) is 0.500. The Morgan fingerprint density at radius 3 is 2.51 bits per heavy atom. The average molecular weight is 773 g/mol. The number of fused-ring (bicyclic) bond motifs is 3. The van der Waals surface area contributed by atoms with Crippen LogP contribution in [0.25, 0.3) is 22.3 Å². The number of sulfonamides is 1. The first-order valence-electron chi connectivity index (χ1n) is 19.0. The van der Waals surface area contributed by atoms with Crippen molar-refractivity contribution in [3.63, 3.8) is 0 Å². The number of carbonyl (C=O) groups is 4. The molecule has 292 valence electrons. The molecule has 3 heterocycles. The lowest BCUT2D eigenvalue weighted by Gasteiger charge is -2.35. The summed E-state index contributed by atoms with van der Waals surface area (Å²) in [4.78, 5) is 66.7. The second kappa shape index (κ2) is 14.9. The van der Waals surface area contributed by atoms with Gasteiger partial charge in [0.15, 0.2) is 5.82 Å². The van der Waals surface area contributed by atoms with E-state index in [1.54, 1.807) is 20.8 Å². The van der Waals surface area contributed by atoms with Crippen molar-refractivity contribution in [1.29, 1.82) is 0 Å². The number of alkyl carbamates (subject to hydrolysis) is 1. The highest BCUT2D eigenvalue weighted by Gasteiger charge is 2.62. The minimum Gasteiger partial charge on any atom is -0.472 e. The second-order valence-corrected chi connectivity index (χ2v) is 18.1. The lowest BCUT2D eigenvalue weighted by atomic mass is 9.85. The van der Waals surface area contributed by atoms with E-state index in [2.05, 4.69) is 21.9 Å². The van der Waals surface area contributed by atoms with Crippen LogP contribution in [-0.2, 0) is 35.6 Å². The van der Waals surface area contributed by atoms with Gasteiger partial charge in [-0.1, -0.05) is 63.2 Å². The van der Waals surface area contributed by atoms with Crippen LogP contribution in [0.2, 0.25) is 0 Å². The Bertz CT molecular complexity index is 2120. The summed E-state index contributed by atoms with van der Waals surface area (Å²) in [7, 11) is -3.91. The number of nitrogens with zero attached hydrogens (tertiary/aromatic N) is 3. The third kappa shape index (κ3) is 8.17. The molecule has 4 amide bonds. The van der Waals surface area contributed by atoms with E-state index in [9.17, 15) is 27.6 Å². The van der Waals surface area contributed by atoms with Crippen LogP contribution in [0.4, 0.5) is 4.79 Å². The van der Waals surface area contributed by atoms with E-state index < -0.39 is 74.1 Å². The van der Waals surface area contributed by atoms with Gasteiger partial charge in [0, 0.05) is 17.9 Å². The highest BCUT2D eigenvalue weighted by atomic mass is 32.2. The predicted octanol–water partition coefficient (Wildman–Crippen LogP) is 4.18. The zero-order valence-electron chi connectivity index (χ0n) is 31.4. The van der Waals surface area contributed by atoms with Crippen LogP contribution in [0.3, 0.4) is 0 Å². The Kier molecular flexibility index (Phi) is 10.3. The number of amides is 4. The van der Waals surface area contributed by atoms with Crippen molar-refractivity contribution in [1.82, 2.24) is 30.2 Å². The van der Waals surface area contributed by atoms with E-state index in [1.807, 2.05) is 48.5 Å². The minimum atomic E-state index is -3.91. The molecule has 3 aromatic rings. The third-order valence-electron chi connectivity index (χ3n) is 10.9. The number of hydrogen-bond donors (Lipinski definition) is 3. The summed E-state index contributed by atoms with van der Waals surface area (Å²) < 4.78 is 39.8. The number of hydrogen-bond acceptors (Lipinski definition) is 10. The monoisotopic (exact) mass is 772 g/mol. The Morgan fingerprint density at radius 2 is 1.82 bits per heavy atom. The van der Waals surface area contributed by atoms with Gasteiger partial charge in [0.25, 0.3) is 5.91 Å². The van der Waals surface area contributed by atoms with Crippen LogP contribution in [0, 0.1) is 11.3 Å². The number of nitrogens with one attached hydrogen (secondary N) is 3. The number of ether oxygens (including phenoxy) is 2. The van der Waals surface area contributed by atoms with Crippen LogP contribution >= 0.6 is 0 Å². The zero-order chi connectivity index (χ0) is 39.1. The van der Waals surface area contributed by atoms with Crippen LogP contribution in [-0.4, -0.2) is 89.2 Å². The number of carbonyl (C=O) groups excluding carboxylic acids is 4. The molecule has 4 bridgehead atoms. The highest BCUT2D eigenvalue weighted by Crippen LogP contribution is 2.45. The van der Waals surface area contributed by atoms with E-state index in [1.165, 1.54) is 11.0 Å². The molecule has 1 aromatic heterocycles. The maximum Gasteiger partial charge on any atom is 0.407 e. The fourth-order valence-electron chi connectivity index (χ4n) is 7.41. The highest BCUT2D eigenvalue weighted by molar-refractivity contribution is 7.91. The lowest BCUT2D eigenvalue weighted by molar-refractivity contribution is -0.142. The summed E-state index contributed by atoms with van der Waals surface area (Å²) in [5.74, 6) is -1.82. The SMILES string of the molecule is C=C[C@H]1C[C@]1(NC(=O)[C@@H]1C[C@@H]2CN1C(=O)[C@H](C(C)(C)C)NC(=O)OCCCCCc1ccc3nc(-c4ccccc4)nc(c3c1)O2)C(=O)NS(=O)(=O)C1CC1. The van der Waals surface area contributed by atoms with Crippen LogP contribution in [0.5, 0.6) is 5.88 Å². The van der Waals surface area contributed by atoms with Gasteiger partial charge >= 0.3 is 6.09 Å². The van der Waals surface area contributed by atoms with Crippen molar-refractivity contribution in [3.05, 3.63) is 66.7 Å². The summed E-state index contributed by atoms with van der Waals surface area (Å²) >= 11 is 0. The van der Waals surface area contributed by atoms with Crippen molar-refractivity contribution in [2.24, 2.45) is 11.3 Å². The molecule has 3 N–H and O–H groups in total. The molecule has 7 rings (SSSR count). The van der Waals surface area contributed by atoms with E-state index >= 15 is 0 Å². The molecular formula is C40H48N6O8S. The molecule has 5 atom stereocenters. The maximum atomic E-state index is 14.6. The van der Waals surface area contributed by atoms with Gasteiger partial charge in [-0.2, -0.15) is 4.98 Å². The third-order valence-corrected chi connectivity index (χ3v) is 12.7. The summed E-state index contributed by atoms with van der Waals surface area (Å²) in [5.41, 5.74) is 0.145. The van der Waals surface area contributed by atoms with Gasteiger partial charge in [0.05, 0.1) is 29.3 Å². The first-order chi connectivity index (χ1) is 26.2. The molecule has 14 nitrogen and oxygen atoms in total. The maximum absolute atomic E-state index is 14.6. The molecule has 55 heavy (non-hydrogen) atoms. The molecule has 2 saturated carbocycles. The van der Waals surface area contributed by atoms with Crippen LogP contribution in [0.15, 0.2) is 61.2 Å². The summed E-state index contributed by atoms with van der Waals surface area (Å²) in [6.07, 6.45) is 4.16. The van der Waals surface area contributed by atoms with E-state index in [0.717, 1.165) is 30.4 Å². The Balaban J connectivity index is 1.25. The van der Waals surface area contributed by atoms with Gasteiger partial charge in [0.1, 0.15) is 23.7 Å². The molecule has 2 aromatic carbocycles. The van der Waals surface area contributed by atoms with E-state index in [-0.39, 0.29) is 26.0 Å². The van der Waals surface area contributed by atoms with Gasteiger partial charge in [-0.3, -0.25) is 19.1 Å². The number of aromatic nitrogens is 2. The van der Waals surface area contributed by atoms with Crippen molar-refractivity contribution >= 4 is 44.7 Å². The molecule has 0 unspecified atom stereocenters.